The third-order valence-corrected chi connectivity index (χ3v) is 2.10. The molecule has 96 valence electrons. The summed E-state index contributed by atoms with van der Waals surface area (Å²) in [6.07, 6.45) is 0.0795. The molecule has 0 saturated carbocycles. The summed E-state index contributed by atoms with van der Waals surface area (Å²) in [5.41, 5.74) is 4.70. The molecule has 0 bridgehead atoms. The first-order valence-electron chi connectivity index (χ1n) is 4.69. The summed E-state index contributed by atoms with van der Waals surface area (Å²) in [6.45, 7) is 1.39. The lowest BCUT2D eigenvalue weighted by atomic mass is 9.94. The largest absolute Gasteiger partial charge is 0.504 e. The number of aliphatic carboxylic acids is 1. The molecule has 17 heavy (non-hydrogen) atoms. The van der Waals surface area contributed by atoms with Gasteiger partial charge in [0.25, 0.3) is 0 Å². The first-order valence-corrected chi connectivity index (χ1v) is 4.69. The molecule has 1 aromatic rings. The van der Waals surface area contributed by atoms with Crippen molar-refractivity contribution in [2.24, 2.45) is 17.4 Å². The molecule has 0 saturated heterocycles. The van der Waals surface area contributed by atoms with E-state index in [-0.39, 0.29) is 17.9 Å². The Morgan fingerprint density at radius 1 is 1.29 bits per heavy atom. The lowest BCUT2D eigenvalue weighted by molar-refractivity contribution is -0.142. The molecule has 0 aliphatic rings. The topological polar surface area (TPSA) is 156 Å². The Morgan fingerprint density at radius 3 is 2.24 bits per heavy atom. The van der Waals surface area contributed by atoms with E-state index < -0.39 is 11.5 Å². The van der Waals surface area contributed by atoms with Crippen LogP contribution in [-0.4, -0.2) is 26.8 Å². The molecule has 0 amide bonds. The summed E-state index contributed by atoms with van der Waals surface area (Å²) in [6, 6.07) is 4.11. The van der Waals surface area contributed by atoms with Crippen molar-refractivity contribution in [3.05, 3.63) is 23.8 Å². The Labute approximate surface area is 98.4 Å². The number of carbonyl (C=O) groups is 1. The number of phenols is 2. The molecule has 0 heterocycles. The van der Waals surface area contributed by atoms with E-state index in [1.54, 1.807) is 0 Å². The van der Waals surface area contributed by atoms with Gasteiger partial charge in [0, 0.05) is 6.42 Å². The SMILES string of the molecule is CC(N)(Cc1ccc(O)c(O)c1)C(=O)O.NN. The lowest BCUT2D eigenvalue weighted by Crippen LogP contribution is -2.46. The molecule has 0 aromatic heterocycles. The van der Waals surface area contributed by atoms with E-state index in [0.717, 1.165) is 0 Å². The predicted molar refractivity (Wildman–Crippen MR) is 62.1 cm³/mol. The summed E-state index contributed by atoms with van der Waals surface area (Å²) in [5, 5.41) is 27.0. The van der Waals surface area contributed by atoms with Crippen LogP contribution in [0.2, 0.25) is 0 Å². The summed E-state index contributed by atoms with van der Waals surface area (Å²) >= 11 is 0. The Hall–Kier alpha value is -1.83. The van der Waals surface area contributed by atoms with Crippen molar-refractivity contribution in [1.29, 1.82) is 0 Å². The normalized spacial score (nSPS) is 13.2. The van der Waals surface area contributed by atoms with E-state index in [1.165, 1.54) is 25.1 Å². The monoisotopic (exact) mass is 243 g/mol. The smallest absolute Gasteiger partial charge is 0.323 e. The fraction of sp³-hybridized carbons (Fsp3) is 0.300. The van der Waals surface area contributed by atoms with Gasteiger partial charge in [0.05, 0.1) is 0 Å². The van der Waals surface area contributed by atoms with Crippen LogP contribution in [-0.2, 0) is 11.2 Å². The summed E-state index contributed by atoms with van der Waals surface area (Å²) in [4.78, 5) is 10.7. The minimum Gasteiger partial charge on any atom is -0.504 e. The Kier molecular flexibility index (Phi) is 5.39. The van der Waals surface area contributed by atoms with Crippen LogP contribution in [0.15, 0.2) is 18.2 Å². The van der Waals surface area contributed by atoms with E-state index >= 15 is 0 Å². The molecule has 0 aliphatic heterocycles. The third kappa shape index (κ3) is 4.27. The fourth-order valence-electron chi connectivity index (χ4n) is 1.18. The van der Waals surface area contributed by atoms with Crippen molar-refractivity contribution < 1.29 is 20.1 Å². The van der Waals surface area contributed by atoms with Crippen LogP contribution in [0.3, 0.4) is 0 Å². The van der Waals surface area contributed by atoms with Crippen LogP contribution in [0.4, 0.5) is 0 Å². The number of carboxylic acid groups (broad SMARTS) is 1. The summed E-state index contributed by atoms with van der Waals surface area (Å²) in [5.74, 6) is 6.36. The zero-order valence-corrected chi connectivity index (χ0v) is 9.42. The van der Waals surface area contributed by atoms with Crippen molar-refractivity contribution in [3.8, 4) is 11.5 Å². The van der Waals surface area contributed by atoms with E-state index in [0.29, 0.717) is 5.56 Å². The standard InChI is InChI=1S/C10H13NO4.H4N2/c1-10(11,9(14)15)5-6-2-3-7(12)8(13)4-6;1-2/h2-4,12-13H,5,11H2,1H3,(H,14,15);1-2H2. The number of phenolic OH excluding ortho intramolecular Hbond substituents is 2. The zero-order valence-electron chi connectivity index (χ0n) is 9.42. The second-order valence-corrected chi connectivity index (χ2v) is 3.72. The predicted octanol–water partition coefficient (Wildman–Crippen LogP) is -0.739. The van der Waals surface area contributed by atoms with Gasteiger partial charge in [-0.05, 0) is 24.6 Å². The number of hydrogen-bond acceptors (Lipinski definition) is 6. The van der Waals surface area contributed by atoms with Crippen molar-refractivity contribution in [2.75, 3.05) is 0 Å². The maximum absolute atomic E-state index is 10.7. The molecule has 1 unspecified atom stereocenters. The maximum atomic E-state index is 10.7. The van der Waals surface area contributed by atoms with Crippen molar-refractivity contribution in [1.82, 2.24) is 0 Å². The summed E-state index contributed by atoms with van der Waals surface area (Å²) in [7, 11) is 0. The molecule has 1 aromatic carbocycles. The molecule has 0 fully saturated rings. The highest BCUT2D eigenvalue weighted by atomic mass is 16.4. The molecule has 0 aliphatic carbocycles. The van der Waals surface area contributed by atoms with Crippen LogP contribution in [0.1, 0.15) is 12.5 Å². The number of benzene rings is 1. The lowest BCUT2D eigenvalue weighted by Gasteiger charge is -2.19. The van der Waals surface area contributed by atoms with Gasteiger partial charge in [0.2, 0.25) is 0 Å². The Morgan fingerprint density at radius 2 is 1.82 bits per heavy atom. The maximum Gasteiger partial charge on any atom is 0.323 e. The average Bonchev–Trinajstić information content (AvgIpc) is 2.26. The van der Waals surface area contributed by atoms with E-state index in [4.69, 9.17) is 15.9 Å². The fourth-order valence-corrected chi connectivity index (χ4v) is 1.18. The molecule has 7 heteroatoms. The molecule has 0 spiro atoms. The second-order valence-electron chi connectivity index (χ2n) is 3.72. The Balaban J connectivity index is 0.00000121. The van der Waals surface area contributed by atoms with Crippen molar-refractivity contribution in [2.45, 2.75) is 18.9 Å². The highest BCUT2D eigenvalue weighted by Crippen LogP contribution is 2.26. The first-order chi connectivity index (χ1) is 7.83. The average molecular weight is 243 g/mol. The van der Waals surface area contributed by atoms with Crippen LogP contribution in [0.25, 0.3) is 0 Å². The molecule has 0 radical (unpaired) electrons. The highest BCUT2D eigenvalue weighted by Gasteiger charge is 2.28. The molecule has 1 atom stereocenters. The van der Waals surface area contributed by atoms with E-state index in [1.807, 2.05) is 0 Å². The molecular weight excluding hydrogens is 226 g/mol. The van der Waals surface area contributed by atoms with Crippen LogP contribution in [0.5, 0.6) is 11.5 Å². The number of carboxylic acids is 1. The first kappa shape index (κ1) is 15.2. The third-order valence-electron chi connectivity index (χ3n) is 2.10. The highest BCUT2D eigenvalue weighted by molar-refractivity contribution is 5.78. The quantitative estimate of drug-likeness (QED) is 0.232. The van der Waals surface area contributed by atoms with Gasteiger partial charge in [-0.25, -0.2) is 0 Å². The van der Waals surface area contributed by atoms with Crippen molar-refractivity contribution >= 4 is 5.97 Å². The molecule has 9 N–H and O–H groups in total. The number of nitrogens with two attached hydrogens (primary N) is 3. The van der Waals surface area contributed by atoms with Crippen LogP contribution < -0.4 is 17.4 Å². The van der Waals surface area contributed by atoms with Crippen LogP contribution in [0, 0.1) is 0 Å². The molecular formula is C10H17N3O4. The van der Waals surface area contributed by atoms with Gasteiger partial charge in [-0.1, -0.05) is 6.07 Å². The van der Waals surface area contributed by atoms with Gasteiger partial charge in [-0.3, -0.25) is 16.5 Å². The van der Waals surface area contributed by atoms with Crippen molar-refractivity contribution in [3.63, 3.8) is 0 Å². The van der Waals surface area contributed by atoms with Gasteiger partial charge in [-0.2, -0.15) is 0 Å². The van der Waals surface area contributed by atoms with E-state index in [2.05, 4.69) is 11.7 Å². The molecule has 7 nitrogen and oxygen atoms in total. The van der Waals surface area contributed by atoms with E-state index in [9.17, 15) is 9.90 Å². The van der Waals surface area contributed by atoms with Gasteiger partial charge in [-0.15, -0.1) is 0 Å². The number of hydrazine groups is 1. The number of aromatic hydroxyl groups is 2. The van der Waals surface area contributed by atoms with Gasteiger partial charge in [0.15, 0.2) is 11.5 Å². The second kappa shape index (κ2) is 6.04. The summed E-state index contributed by atoms with van der Waals surface area (Å²) < 4.78 is 0. The van der Waals surface area contributed by atoms with Gasteiger partial charge >= 0.3 is 5.97 Å². The molecule has 1 rings (SSSR count). The van der Waals surface area contributed by atoms with Crippen LogP contribution >= 0.6 is 0 Å². The zero-order chi connectivity index (χ0) is 13.6. The Bertz CT molecular complexity index is 393. The number of hydrogen-bond donors (Lipinski definition) is 6. The number of rotatable bonds is 3. The van der Waals surface area contributed by atoms with Gasteiger partial charge < -0.3 is 21.1 Å². The van der Waals surface area contributed by atoms with Gasteiger partial charge in [0.1, 0.15) is 5.54 Å². The minimum atomic E-state index is -1.39. The minimum absolute atomic E-state index is 0.0795.